The summed E-state index contributed by atoms with van der Waals surface area (Å²) in [6.45, 7) is 1.36. The van der Waals surface area contributed by atoms with Crippen LogP contribution in [0.2, 0.25) is 0 Å². The van der Waals surface area contributed by atoms with Crippen molar-refractivity contribution >= 4 is 22.0 Å². The van der Waals surface area contributed by atoms with Crippen molar-refractivity contribution in [1.29, 1.82) is 0 Å². The molecule has 0 amide bonds. The van der Waals surface area contributed by atoms with Gasteiger partial charge in [-0.25, -0.2) is 8.42 Å². The van der Waals surface area contributed by atoms with Crippen molar-refractivity contribution in [2.24, 2.45) is 0 Å². The van der Waals surface area contributed by atoms with Gasteiger partial charge in [0.2, 0.25) is 10.0 Å². The van der Waals surface area contributed by atoms with Crippen molar-refractivity contribution in [2.75, 3.05) is 26.8 Å². The van der Waals surface area contributed by atoms with Gasteiger partial charge < -0.3 is 14.6 Å². The molecule has 1 N–H and O–H groups in total. The van der Waals surface area contributed by atoms with Gasteiger partial charge in [0.15, 0.2) is 5.25 Å². The molecule has 0 bridgehead atoms. The van der Waals surface area contributed by atoms with Gasteiger partial charge in [0, 0.05) is 13.1 Å². The molecular weight excluding hydrogens is 278 g/mol. The topological polar surface area (TPSA) is 110 Å². The molecule has 0 spiro atoms. The Morgan fingerprint density at radius 1 is 1.53 bits per heavy atom. The lowest BCUT2D eigenvalue weighted by molar-refractivity contribution is -0.142. The molecule has 0 aromatic rings. The van der Waals surface area contributed by atoms with E-state index in [0.717, 1.165) is 11.4 Å². The van der Waals surface area contributed by atoms with Crippen molar-refractivity contribution < 1.29 is 32.6 Å². The van der Waals surface area contributed by atoms with Crippen LogP contribution in [0.3, 0.4) is 0 Å². The van der Waals surface area contributed by atoms with Crippen LogP contribution in [0.1, 0.15) is 13.3 Å². The predicted molar refractivity (Wildman–Crippen MR) is 64.0 cm³/mol. The molecule has 0 aromatic heterocycles. The Bertz CT molecular complexity index is 447. The number of morpholine rings is 1. The summed E-state index contributed by atoms with van der Waals surface area (Å²) in [5, 5.41) is 7.35. The second kappa shape index (κ2) is 6.31. The normalized spacial score (nSPS) is 22.7. The summed E-state index contributed by atoms with van der Waals surface area (Å²) in [6.07, 6.45) is -0.982. The first-order valence-corrected chi connectivity index (χ1v) is 7.19. The summed E-state index contributed by atoms with van der Waals surface area (Å²) in [6, 6.07) is 0. The van der Waals surface area contributed by atoms with E-state index in [9.17, 15) is 18.0 Å². The van der Waals surface area contributed by atoms with Gasteiger partial charge in [-0.1, -0.05) is 0 Å². The van der Waals surface area contributed by atoms with Gasteiger partial charge in [0.05, 0.1) is 26.2 Å². The van der Waals surface area contributed by atoms with E-state index in [2.05, 4.69) is 4.74 Å². The number of rotatable bonds is 5. The quantitative estimate of drug-likeness (QED) is 0.651. The Balaban J connectivity index is 2.78. The van der Waals surface area contributed by atoms with E-state index in [0.29, 0.717) is 0 Å². The number of carbonyl (C=O) groups excluding carboxylic acids is 1. The van der Waals surface area contributed by atoms with E-state index >= 15 is 0 Å². The number of carboxylic acids is 1. The van der Waals surface area contributed by atoms with Crippen LogP contribution in [0.4, 0.5) is 0 Å². The van der Waals surface area contributed by atoms with Crippen LogP contribution >= 0.6 is 0 Å². The summed E-state index contributed by atoms with van der Waals surface area (Å²) < 4.78 is 34.9. The summed E-state index contributed by atoms with van der Waals surface area (Å²) >= 11 is 0. The second-order valence-electron chi connectivity index (χ2n) is 4.16. The lowest BCUT2D eigenvalue weighted by Crippen LogP contribution is -2.50. The van der Waals surface area contributed by atoms with Crippen molar-refractivity contribution in [1.82, 2.24) is 4.31 Å². The largest absolute Gasteiger partial charge is 0.481 e. The van der Waals surface area contributed by atoms with Crippen molar-refractivity contribution in [3.05, 3.63) is 0 Å². The molecule has 1 aliphatic rings. The van der Waals surface area contributed by atoms with Crippen LogP contribution in [0.25, 0.3) is 0 Å². The molecule has 2 unspecified atom stereocenters. The molecule has 0 radical (unpaired) electrons. The SMILES string of the molecule is COC(=O)C(C)S(=O)(=O)N1CCOC(CC(=O)O)C1. The Labute approximate surface area is 111 Å². The van der Waals surface area contributed by atoms with Gasteiger partial charge in [-0.05, 0) is 6.92 Å². The number of sulfonamides is 1. The number of hydrogen-bond donors (Lipinski definition) is 1. The third-order valence-corrected chi connectivity index (χ3v) is 4.98. The highest BCUT2D eigenvalue weighted by Gasteiger charge is 2.37. The molecule has 19 heavy (non-hydrogen) atoms. The number of ether oxygens (including phenoxy) is 2. The van der Waals surface area contributed by atoms with Gasteiger partial charge in [-0.2, -0.15) is 4.31 Å². The van der Waals surface area contributed by atoms with Crippen molar-refractivity contribution in [3.63, 3.8) is 0 Å². The highest BCUT2D eigenvalue weighted by Crippen LogP contribution is 2.16. The molecule has 0 aliphatic carbocycles. The van der Waals surface area contributed by atoms with Gasteiger partial charge in [0.25, 0.3) is 0 Å². The molecule has 9 heteroatoms. The average molecular weight is 295 g/mol. The summed E-state index contributed by atoms with van der Waals surface area (Å²) in [5.74, 6) is -1.91. The lowest BCUT2D eigenvalue weighted by Gasteiger charge is -2.32. The number of esters is 1. The van der Waals surface area contributed by atoms with Crippen LogP contribution in [-0.4, -0.2) is 67.9 Å². The molecule has 2 atom stereocenters. The van der Waals surface area contributed by atoms with Gasteiger partial charge in [-0.3, -0.25) is 9.59 Å². The fourth-order valence-corrected chi connectivity index (χ4v) is 3.24. The van der Waals surface area contributed by atoms with Crippen LogP contribution in [0.5, 0.6) is 0 Å². The molecule has 0 saturated carbocycles. The molecule has 8 nitrogen and oxygen atoms in total. The van der Waals surface area contributed by atoms with E-state index in [1.165, 1.54) is 6.92 Å². The zero-order chi connectivity index (χ0) is 14.6. The Hall–Kier alpha value is -1.19. The van der Waals surface area contributed by atoms with E-state index in [1.54, 1.807) is 0 Å². The monoisotopic (exact) mass is 295 g/mol. The number of aliphatic carboxylic acids is 1. The smallest absolute Gasteiger partial charge is 0.325 e. The van der Waals surface area contributed by atoms with E-state index < -0.39 is 33.3 Å². The fraction of sp³-hybridized carbons (Fsp3) is 0.800. The minimum atomic E-state index is -3.86. The van der Waals surface area contributed by atoms with Crippen LogP contribution < -0.4 is 0 Å². The van der Waals surface area contributed by atoms with Crippen LogP contribution in [0, 0.1) is 0 Å². The second-order valence-corrected chi connectivity index (χ2v) is 6.41. The summed E-state index contributed by atoms with van der Waals surface area (Å²) in [5.41, 5.74) is 0. The third kappa shape index (κ3) is 3.88. The Morgan fingerprint density at radius 3 is 2.68 bits per heavy atom. The summed E-state index contributed by atoms with van der Waals surface area (Å²) in [7, 11) is -2.74. The first kappa shape index (κ1) is 15.9. The number of carbonyl (C=O) groups is 2. The number of nitrogens with zero attached hydrogens (tertiary/aromatic N) is 1. The predicted octanol–water partition coefficient (Wildman–Crippen LogP) is -0.947. The number of methoxy groups -OCH3 is 1. The van der Waals surface area contributed by atoms with Crippen LogP contribution in [0.15, 0.2) is 0 Å². The van der Waals surface area contributed by atoms with Crippen molar-refractivity contribution in [3.8, 4) is 0 Å². The maximum absolute atomic E-state index is 12.1. The molecule has 110 valence electrons. The minimum Gasteiger partial charge on any atom is -0.481 e. The maximum atomic E-state index is 12.1. The zero-order valence-electron chi connectivity index (χ0n) is 10.7. The Morgan fingerprint density at radius 2 is 2.16 bits per heavy atom. The molecule has 1 saturated heterocycles. The third-order valence-electron chi connectivity index (χ3n) is 2.84. The lowest BCUT2D eigenvalue weighted by atomic mass is 10.2. The highest BCUT2D eigenvalue weighted by molar-refractivity contribution is 7.90. The Kier molecular flexibility index (Phi) is 5.27. The number of hydrogen-bond acceptors (Lipinski definition) is 6. The molecule has 1 aliphatic heterocycles. The van der Waals surface area contributed by atoms with Gasteiger partial charge in [-0.15, -0.1) is 0 Å². The van der Waals surface area contributed by atoms with Crippen molar-refractivity contribution in [2.45, 2.75) is 24.7 Å². The molecular formula is C10H17NO7S. The molecule has 1 rings (SSSR count). The fourth-order valence-electron chi connectivity index (χ4n) is 1.75. The first-order valence-electron chi connectivity index (χ1n) is 5.69. The standard InChI is InChI=1S/C10H17NO7S/c1-7(10(14)17-2)19(15,16)11-3-4-18-8(6-11)5-9(12)13/h7-8H,3-6H2,1-2H3,(H,12,13). The van der Waals surface area contributed by atoms with Gasteiger partial charge in [0.1, 0.15) is 0 Å². The average Bonchev–Trinajstić information content (AvgIpc) is 2.36. The molecule has 1 heterocycles. The van der Waals surface area contributed by atoms with Gasteiger partial charge >= 0.3 is 11.9 Å². The highest BCUT2D eigenvalue weighted by atomic mass is 32.2. The molecule has 1 fully saturated rings. The van der Waals surface area contributed by atoms with E-state index in [-0.39, 0.29) is 26.1 Å². The number of carboxylic acid groups (broad SMARTS) is 1. The minimum absolute atomic E-state index is 0.0734. The maximum Gasteiger partial charge on any atom is 0.325 e. The first-order chi connectivity index (χ1) is 8.78. The zero-order valence-corrected chi connectivity index (χ0v) is 11.6. The summed E-state index contributed by atoms with van der Waals surface area (Å²) in [4.78, 5) is 21.9. The van der Waals surface area contributed by atoms with Crippen LogP contribution in [-0.2, 0) is 29.1 Å². The van der Waals surface area contributed by atoms with E-state index in [1.807, 2.05) is 0 Å². The van der Waals surface area contributed by atoms with E-state index in [4.69, 9.17) is 9.84 Å². The molecule has 0 aromatic carbocycles.